The minimum atomic E-state index is -4.79. The van der Waals surface area contributed by atoms with Crippen LogP contribution >= 0.6 is 0 Å². The number of carboxylic acids is 2. The first-order chi connectivity index (χ1) is 11.5. The molecule has 9 heteroatoms. The highest BCUT2D eigenvalue weighted by Crippen LogP contribution is 2.41. The number of nitrogens with two attached hydrogens (primary N) is 2. The van der Waals surface area contributed by atoms with Gasteiger partial charge < -0.3 is 21.7 Å². The van der Waals surface area contributed by atoms with E-state index in [4.69, 9.17) is 21.7 Å². The van der Waals surface area contributed by atoms with E-state index in [1.54, 1.807) is 0 Å². The van der Waals surface area contributed by atoms with E-state index in [2.05, 4.69) is 0 Å². The van der Waals surface area contributed by atoms with Gasteiger partial charge in [-0.3, -0.25) is 0 Å². The summed E-state index contributed by atoms with van der Waals surface area (Å²) >= 11 is 0. The van der Waals surface area contributed by atoms with Crippen LogP contribution in [0.3, 0.4) is 0 Å². The van der Waals surface area contributed by atoms with E-state index in [9.17, 15) is 22.8 Å². The van der Waals surface area contributed by atoms with Crippen LogP contribution in [0, 0.1) is 0 Å². The smallest absolute Gasteiger partial charge is 0.399 e. The summed E-state index contributed by atoms with van der Waals surface area (Å²) in [6.07, 6.45) is -4.79. The molecule has 0 fully saturated rings. The Hall–Kier alpha value is -3.23. The molecular formula is C16H13F3N2O4. The molecule has 2 aromatic rings. The Morgan fingerprint density at radius 1 is 0.840 bits per heavy atom. The highest BCUT2D eigenvalue weighted by atomic mass is 19.4. The van der Waals surface area contributed by atoms with Gasteiger partial charge >= 0.3 is 18.1 Å². The van der Waals surface area contributed by atoms with Crippen LogP contribution in [0.15, 0.2) is 36.4 Å². The molecule has 0 heterocycles. The molecule has 0 spiro atoms. The number of aromatic carboxylic acids is 2. The van der Waals surface area contributed by atoms with E-state index in [0.717, 1.165) is 36.4 Å². The summed E-state index contributed by atoms with van der Waals surface area (Å²) in [5, 5.41) is 18.1. The van der Waals surface area contributed by atoms with Crippen LogP contribution in [0.2, 0.25) is 0 Å². The fourth-order valence-electron chi connectivity index (χ4n) is 2.45. The molecule has 0 unspecified atom stereocenters. The minimum absolute atomic E-state index is 0.180. The summed E-state index contributed by atoms with van der Waals surface area (Å²) < 4.78 is 40.8. The topological polar surface area (TPSA) is 127 Å². The molecule has 0 bridgehead atoms. The first-order valence-electron chi connectivity index (χ1n) is 6.84. The van der Waals surface area contributed by atoms with Crippen molar-refractivity contribution in [2.75, 3.05) is 11.5 Å². The van der Waals surface area contributed by atoms with Crippen molar-refractivity contribution in [3.8, 4) is 0 Å². The van der Waals surface area contributed by atoms with Crippen molar-refractivity contribution in [3.63, 3.8) is 0 Å². The van der Waals surface area contributed by atoms with Gasteiger partial charge in [0.25, 0.3) is 0 Å². The lowest BCUT2D eigenvalue weighted by Crippen LogP contribution is -2.23. The summed E-state index contributed by atoms with van der Waals surface area (Å²) in [5.74, 6) is -5.17. The van der Waals surface area contributed by atoms with Gasteiger partial charge in [0.05, 0.1) is 11.1 Å². The minimum Gasteiger partial charge on any atom is -0.478 e. The second-order valence-corrected chi connectivity index (χ2v) is 5.28. The average molecular weight is 354 g/mol. The zero-order chi connectivity index (χ0) is 18.9. The van der Waals surface area contributed by atoms with Crippen LogP contribution in [0.5, 0.6) is 0 Å². The van der Waals surface area contributed by atoms with Gasteiger partial charge in [-0.05, 0) is 35.4 Å². The molecule has 0 aliphatic rings. The molecule has 0 amide bonds. The average Bonchev–Trinajstić information content (AvgIpc) is 2.49. The predicted octanol–water partition coefficient (Wildman–Crippen LogP) is 2.94. The first-order valence-corrected chi connectivity index (χ1v) is 6.84. The molecule has 0 saturated carbocycles. The van der Waals surface area contributed by atoms with Crippen molar-refractivity contribution in [1.29, 1.82) is 0 Å². The lowest BCUT2D eigenvalue weighted by molar-refractivity contribution is -0.141. The number of hydrogen-bond donors (Lipinski definition) is 4. The van der Waals surface area contributed by atoms with Crippen LogP contribution in [-0.2, 0) is 0 Å². The third kappa shape index (κ3) is 3.65. The van der Waals surface area contributed by atoms with Crippen LogP contribution in [0.4, 0.5) is 24.5 Å². The van der Waals surface area contributed by atoms with E-state index >= 15 is 0 Å². The number of carbonyl (C=O) groups is 2. The molecule has 132 valence electrons. The zero-order valence-electron chi connectivity index (χ0n) is 12.5. The highest BCUT2D eigenvalue weighted by Gasteiger charge is 2.42. The van der Waals surface area contributed by atoms with Gasteiger partial charge in [-0.2, -0.15) is 13.2 Å². The number of rotatable bonds is 4. The molecule has 25 heavy (non-hydrogen) atoms. The van der Waals surface area contributed by atoms with Crippen molar-refractivity contribution in [3.05, 3.63) is 58.7 Å². The Morgan fingerprint density at radius 3 is 1.48 bits per heavy atom. The number of carboxylic acid groups (broad SMARTS) is 2. The fourth-order valence-corrected chi connectivity index (χ4v) is 2.45. The predicted molar refractivity (Wildman–Crippen MR) is 83.5 cm³/mol. The monoisotopic (exact) mass is 354 g/mol. The molecule has 2 aromatic carbocycles. The summed E-state index contributed by atoms with van der Waals surface area (Å²) in [6.45, 7) is 0. The standard InChI is InChI=1S/C16H13F3N2O4/c17-16(18,19)13(7-1-3-11(20)9(5-7)14(22)23)8-2-4-12(21)10(6-8)15(24)25/h1-6,13H,20-21H2,(H,22,23)(H,24,25). The first kappa shape index (κ1) is 18.1. The summed E-state index contributed by atoms with van der Waals surface area (Å²) in [4.78, 5) is 22.2. The van der Waals surface area contributed by atoms with Gasteiger partial charge in [0.2, 0.25) is 0 Å². The van der Waals surface area contributed by atoms with Crippen molar-refractivity contribution in [1.82, 2.24) is 0 Å². The van der Waals surface area contributed by atoms with Crippen LogP contribution < -0.4 is 11.5 Å². The molecule has 0 radical (unpaired) electrons. The number of anilines is 2. The molecule has 0 aromatic heterocycles. The van der Waals surface area contributed by atoms with Crippen molar-refractivity contribution >= 4 is 23.3 Å². The second-order valence-electron chi connectivity index (χ2n) is 5.28. The van der Waals surface area contributed by atoms with Crippen molar-refractivity contribution < 1.29 is 33.0 Å². The van der Waals surface area contributed by atoms with Gasteiger partial charge in [0, 0.05) is 11.4 Å². The fraction of sp³-hybridized carbons (Fsp3) is 0.125. The Morgan fingerprint density at radius 2 is 1.20 bits per heavy atom. The summed E-state index contributed by atoms with van der Waals surface area (Å²) in [5.41, 5.74) is 8.88. The number of hydrogen-bond acceptors (Lipinski definition) is 4. The summed E-state index contributed by atoms with van der Waals surface area (Å²) in [6, 6.07) is 5.88. The largest absolute Gasteiger partial charge is 0.478 e. The molecule has 6 nitrogen and oxygen atoms in total. The lowest BCUT2D eigenvalue weighted by Gasteiger charge is -2.22. The van der Waals surface area contributed by atoms with Gasteiger partial charge in [-0.1, -0.05) is 12.1 Å². The normalized spacial score (nSPS) is 11.5. The lowest BCUT2D eigenvalue weighted by atomic mass is 9.88. The maximum absolute atomic E-state index is 13.6. The third-order valence-corrected chi connectivity index (χ3v) is 3.61. The van der Waals surface area contributed by atoms with Crippen LogP contribution in [-0.4, -0.2) is 28.3 Å². The van der Waals surface area contributed by atoms with Gasteiger partial charge in [0.15, 0.2) is 0 Å². The van der Waals surface area contributed by atoms with E-state index < -0.39 is 35.2 Å². The maximum Gasteiger partial charge on any atom is 0.399 e. The molecule has 6 N–H and O–H groups in total. The molecule has 0 aliphatic heterocycles. The molecule has 0 saturated heterocycles. The third-order valence-electron chi connectivity index (χ3n) is 3.61. The quantitative estimate of drug-likeness (QED) is 0.625. The van der Waals surface area contributed by atoms with Crippen molar-refractivity contribution in [2.45, 2.75) is 12.1 Å². The molecule has 0 aliphatic carbocycles. The Labute approximate surface area is 139 Å². The van der Waals surface area contributed by atoms with Gasteiger partial charge in [0.1, 0.15) is 5.92 Å². The van der Waals surface area contributed by atoms with E-state index in [-0.39, 0.29) is 22.5 Å². The number of halogens is 3. The Bertz CT molecular complexity index is 786. The van der Waals surface area contributed by atoms with E-state index in [1.165, 1.54) is 0 Å². The number of nitrogen functional groups attached to an aromatic ring is 2. The number of benzene rings is 2. The maximum atomic E-state index is 13.6. The zero-order valence-corrected chi connectivity index (χ0v) is 12.5. The van der Waals surface area contributed by atoms with Crippen LogP contribution in [0.1, 0.15) is 37.8 Å². The molecule has 2 rings (SSSR count). The highest BCUT2D eigenvalue weighted by molar-refractivity contribution is 5.94. The van der Waals surface area contributed by atoms with Crippen LogP contribution in [0.25, 0.3) is 0 Å². The molecule has 0 atom stereocenters. The van der Waals surface area contributed by atoms with E-state index in [0.29, 0.717) is 0 Å². The SMILES string of the molecule is Nc1ccc(C(c2ccc(N)c(C(=O)O)c2)C(F)(F)F)cc1C(=O)O. The Balaban J connectivity index is 2.67. The van der Waals surface area contributed by atoms with Crippen molar-refractivity contribution in [2.24, 2.45) is 0 Å². The Kier molecular flexibility index (Phi) is 4.60. The van der Waals surface area contributed by atoms with Gasteiger partial charge in [-0.15, -0.1) is 0 Å². The second kappa shape index (κ2) is 6.34. The molecular weight excluding hydrogens is 341 g/mol. The number of alkyl halides is 3. The van der Waals surface area contributed by atoms with Gasteiger partial charge in [-0.25, -0.2) is 9.59 Å². The van der Waals surface area contributed by atoms with E-state index in [1.807, 2.05) is 0 Å². The summed E-state index contributed by atoms with van der Waals surface area (Å²) in [7, 11) is 0.